The molecule has 5 nitrogen and oxygen atoms in total. The van der Waals surface area contributed by atoms with Crippen molar-refractivity contribution >= 4 is 5.82 Å². The fourth-order valence-electron chi connectivity index (χ4n) is 6.75. The van der Waals surface area contributed by atoms with Crippen LogP contribution in [-0.2, 0) is 13.0 Å². The van der Waals surface area contributed by atoms with E-state index in [2.05, 4.69) is 22.5 Å². The Hall–Kier alpha value is -1.20. The van der Waals surface area contributed by atoms with Crippen molar-refractivity contribution in [3.63, 3.8) is 0 Å². The minimum atomic E-state index is -0.398. The number of rotatable bonds is 3. The lowest BCUT2D eigenvalue weighted by Crippen LogP contribution is -2.60. The third kappa shape index (κ3) is 2.58. The van der Waals surface area contributed by atoms with E-state index in [1.54, 1.807) is 0 Å². The number of nitrogens with zero attached hydrogens (tertiary/aromatic N) is 2. The molecule has 4 saturated carbocycles. The zero-order valence-corrected chi connectivity index (χ0v) is 15.4. The molecule has 1 aromatic rings. The third-order valence-corrected chi connectivity index (χ3v) is 7.40. The molecule has 5 heteroatoms. The summed E-state index contributed by atoms with van der Waals surface area (Å²) < 4.78 is 0. The van der Waals surface area contributed by atoms with Gasteiger partial charge in [0, 0.05) is 18.2 Å². The van der Waals surface area contributed by atoms with Gasteiger partial charge >= 0.3 is 0 Å². The number of nitrogens with one attached hydrogen (secondary N) is 2. The van der Waals surface area contributed by atoms with Crippen LogP contribution < -0.4 is 10.6 Å². The van der Waals surface area contributed by atoms with E-state index in [1.165, 1.54) is 24.8 Å². The number of anilines is 1. The molecule has 4 aliphatic carbocycles. The van der Waals surface area contributed by atoms with Crippen LogP contribution in [0.1, 0.15) is 62.5 Å². The van der Waals surface area contributed by atoms with Crippen molar-refractivity contribution in [1.29, 1.82) is 0 Å². The van der Waals surface area contributed by atoms with E-state index in [4.69, 9.17) is 4.98 Å². The van der Waals surface area contributed by atoms with E-state index in [9.17, 15) is 5.11 Å². The quantitative estimate of drug-likeness (QED) is 0.787. The molecule has 5 aliphatic rings. The van der Waals surface area contributed by atoms with Gasteiger partial charge in [0.05, 0.1) is 11.3 Å². The lowest BCUT2D eigenvalue weighted by Gasteiger charge is -2.62. The van der Waals surface area contributed by atoms with Gasteiger partial charge in [0.25, 0.3) is 0 Å². The summed E-state index contributed by atoms with van der Waals surface area (Å²) in [7, 11) is 0. The molecule has 1 aromatic heterocycles. The maximum Gasteiger partial charge on any atom is 0.133 e. The van der Waals surface area contributed by atoms with Crippen LogP contribution in [-0.4, -0.2) is 33.3 Å². The summed E-state index contributed by atoms with van der Waals surface area (Å²) >= 11 is 0. The van der Waals surface area contributed by atoms with Crippen molar-refractivity contribution < 1.29 is 5.11 Å². The second-order valence-corrected chi connectivity index (χ2v) is 9.39. The van der Waals surface area contributed by atoms with E-state index in [0.29, 0.717) is 6.04 Å². The largest absolute Gasteiger partial charge is 0.390 e. The monoisotopic (exact) mass is 342 g/mol. The number of hydrogen-bond donors (Lipinski definition) is 3. The average molecular weight is 342 g/mol. The first kappa shape index (κ1) is 16.0. The normalized spacial score (nSPS) is 40.0. The Morgan fingerprint density at radius 1 is 1.20 bits per heavy atom. The van der Waals surface area contributed by atoms with Gasteiger partial charge in [-0.05, 0) is 82.6 Å². The summed E-state index contributed by atoms with van der Waals surface area (Å²) in [6.07, 6.45) is 7.91. The second-order valence-electron chi connectivity index (χ2n) is 9.39. The molecular weight excluding hydrogens is 312 g/mol. The summed E-state index contributed by atoms with van der Waals surface area (Å²) in [4.78, 5) is 9.39. The summed E-state index contributed by atoms with van der Waals surface area (Å²) in [6.45, 7) is 6.15. The summed E-state index contributed by atoms with van der Waals surface area (Å²) in [6, 6.07) is 0.346. The van der Waals surface area contributed by atoms with E-state index in [-0.39, 0.29) is 5.41 Å². The van der Waals surface area contributed by atoms with Gasteiger partial charge in [0.1, 0.15) is 11.6 Å². The van der Waals surface area contributed by atoms with Crippen LogP contribution in [0.15, 0.2) is 0 Å². The molecule has 3 atom stereocenters. The Balaban J connectivity index is 1.44. The molecule has 0 saturated heterocycles. The molecule has 136 valence electrons. The van der Waals surface area contributed by atoms with Gasteiger partial charge in [0.2, 0.25) is 0 Å². The van der Waals surface area contributed by atoms with Crippen LogP contribution in [0.4, 0.5) is 5.82 Å². The molecule has 3 N–H and O–H groups in total. The maximum absolute atomic E-state index is 11.1. The molecule has 1 aliphatic heterocycles. The molecule has 0 spiro atoms. The van der Waals surface area contributed by atoms with Crippen molar-refractivity contribution in [3.05, 3.63) is 17.1 Å². The molecule has 6 rings (SSSR count). The molecule has 0 amide bonds. The SMILES string of the molecule is Cc1nc2c(c(N[C@H](C)C34C[C@@H]5C[C@H](CC(O)(C5)C3)C4)n1)CCNC2. The van der Waals surface area contributed by atoms with Crippen LogP contribution >= 0.6 is 0 Å². The van der Waals surface area contributed by atoms with Gasteiger partial charge in [-0.3, -0.25) is 0 Å². The first-order valence-electron chi connectivity index (χ1n) is 10.0. The Morgan fingerprint density at radius 3 is 2.68 bits per heavy atom. The Kier molecular flexibility index (Phi) is 3.46. The van der Waals surface area contributed by atoms with Crippen LogP contribution in [0.25, 0.3) is 0 Å². The van der Waals surface area contributed by atoms with E-state index in [1.807, 2.05) is 6.92 Å². The number of aliphatic hydroxyl groups is 1. The Labute approximate surface area is 150 Å². The van der Waals surface area contributed by atoms with Crippen molar-refractivity contribution in [1.82, 2.24) is 15.3 Å². The van der Waals surface area contributed by atoms with E-state index >= 15 is 0 Å². The number of aryl methyl sites for hydroxylation is 1. The zero-order chi connectivity index (χ0) is 17.2. The van der Waals surface area contributed by atoms with Crippen LogP contribution in [0.2, 0.25) is 0 Å². The first-order valence-corrected chi connectivity index (χ1v) is 10.0. The number of fused-ring (bicyclic) bond motifs is 1. The summed E-state index contributed by atoms with van der Waals surface area (Å²) in [5.74, 6) is 3.34. The van der Waals surface area contributed by atoms with E-state index < -0.39 is 5.60 Å². The highest BCUT2D eigenvalue weighted by atomic mass is 16.3. The lowest BCUT2D eigenvalue weighted by molar-refractivity contribution is -0.167. The lowest BCUT2D eigenvalue weighted by atomic mass is 9.46. The minimum Gasteiger partial charge on any atom is -0.390 e. The smallest absolute Gasteiger partial charge is 0.133 e. The van der Waals surface area contributed by atoms with Gasteiger partial charge in [0.15, 0.2) is 0 Å². The molecule has 4 bridgehead atoms. The fraction of sp³-hybridized carbons (Fsp3) is 0.800. The topological polar surface area (TPSA) is 70.1 Å². The van der Waals surface area contributed by atoms with E-state index in [0.717, 1.165) is 67.9 Å². The van der Waals surface area contributed by atoms with Crippen molar-refractivity contribution in [2.45, 2.75) is 77.0 Å². The van der Waals surface area contributed by atoms with Crippen molar-refractivity contribution in [3.8, 4) is 0 Å². The Morgan fingerprint density at radius 2 is 1.96 bits per heavy atom. The van der Waals surface area contributed by atoms with Gasteiger partial charge < -0.3 is 15.7 Å². The fourth-order valence-corrected chi connectivity index (χ4v) is 6.75. The van der Waals surface area contributed by atoms with Crippen molar-refractivity contribution in [2.24, 2.45) is 17.3 Å². The number of aromatic nitrogens is 2. The molecule has 25 heavy (non-hydrogen) atoms. The van der Waals surface area contributed by atoms with Gasteiger partial charge in [-0.15, -0.1) is 0 Å². The molecule has 0 radical (unpaired) electrons. The highest BCUT2D eigenvalue weighted by molar-refractivity contribution is 5.49. The van der Waals surface area contributed by atoms with Crippen LogP contribution in [0.5, 0.6) is 0 Å². The Bertz CT molecular complexity index is 689. The highest BCUT2D eigenvalue weighted by Crippen LogP contribution is 2.63. The molecule has 0 aromatic carbocycles. The molecule has 4 fully saturated rings. The highest BCUT2D eigenvalue weighted by Gasteiger charge is 2.58. The van der Waals surface area contributed by atoms with Crippen LogP contribution in [0.3, 0.4) is 0 Å². The van der Waals surface area contributed by atoms with Crippen LogP contribution in [0, 0.1) is 24.2 Å². The maximum atomic E-state index is 11.1. The minimum absolute atomic E-state index is 0.234. The average Bonchev–Trinajstić information content (AvgIpc) is 2.52. The number of hydrogen-bond acceptors (Lipinski definition) is 5. The summed E-state index contributed by atoms with van der Waals surface area (Å²) in [5.41, 5.74) is 2.28. The third-order valence-electron chi connectivity index (χ3n) is 7.40. The predicted molar refractivity (Wildman–Crippen MR) is 97.3 cm³/mol. The predicted octanol–water partition coefficient (Wildman–Crippen LogP) is 2.56. The van der Waals surface area contributed by atoms with Gasteiger partial charge in [-0.2, -0.15) is 0 Å². The molecule has 0 unspecified atom stereocenters. The second kappa shape index (κ2) is 5.40. The first-order chi connectivity index (χ1) is 11.9. The van der Waals surface area contributed by atoms with Gasteiger partial charge in [-0.1, -0.05) is 0 Å². The van der Waals surface area contributed by atoms with Crippen molar-refractivity contribution in [2.75, 3.05) is 11.9 Å². The van der Waals surface area contributed by atoms with Gasteiger partial charge in [-0.25, -0.2) is 9.97 Å². The zero-order valence-electron chi connectivity index (χ0n) is 15.4. The summed E-state index contributed by atoms with van der Waals surface area (Å²) in [5, 5.41) is 18.3. The molecule has 2 heterocycles. The molecular formula is C20H30N4O. The standard InChI is InChI=1S/C20H30N4O/c1-12(19-6-14-5-15(7-19)9-20(25,8-14)11-19)22-18-16-3-4-21-10-17(16)23-13(2)24-18/h12,14-15,21,25H,3-11H2,1-2H3,(H,22,23,24)/t12-,14+,15+,19?,20?/m1/s1.